The maximum atomic E-state index is 8.47. The molecule has 0 amide bonds. The molecule has 22 heavy (non-hydrogen) atoms. The molecule has 3 aliphatic carbocycles. The van der Waals surface area contributed by atoms with Gasteiger partial charge in [-0.25, -0.2) is 0 Å². The SMILES string of the molecule is C1=CCC/C=C\CC1.C=CC1CCC2CC=CCC2C1.[2H]C=O. The van der Waals surface area contributed by atoms with Gasteiger partial charge < -0.3 is 4.79 Å². The van der Waals surface area contributed by atoms with Crippen molar-refractivity contribution < 1.29 is 6.17 Å². The molecule has 3 atom stereocenters. The summed E-state index contributed by atoms with van der Waals surface area (Å²) in [4.78, 5) is 8.47. The van der Waals surface area contributed by atoms with Gasteiger partial charge in [0.1, 0.15) is 8.14 Å². The van der Waals surface area contributed by atoms with Gasteiger partial charge in [-0.3, -0.25) is 0 Å². The topological polar surface area (TPSA) is 17.1 Å². The first-order valence-corrected chi connectivity index (χ1v) is 8.71. The number of carbonyl (C=O) groups is 1. The summed E-state index contributed by atoms with van der Waals surface area (Å²) in [7, 11) is 0. The third kappa shape index (κ3) is 7.06. The van der Waals surface area contributed by atoms with E-state index in [1.807, 2.05) is 0 Å². The van der Waals surface area contributed by atoms with Gasteiger partial charge in [-0.1, -0.05) is 42.5 Å². The molecule has 0 aromatic heterocycles. The van der Waals surface area contributed by atoms with Crippen LogP contribution in [0.3, 0.4) is 0 Å². The Morgan fingerprint density at radius 2 is 1.36 bits per heavy atom. The zero-order valence-electron chi connectivity index (χ0n) is 14.8. The van der Waals surface area contributed by atoms with Crippen molar-refractivity contribution in [1.29, 1.82) is 0 Å². The van der Waals surface area contributed by atoms with Crippen molar-refractivity contribution in [2.45, 2.75) is 57.8 Å². The number of rotatable bonds is 1. The van der Waals surface area contributed by atoms with E-state index in [1.165, 1.54) is 57.8 Å². The maximum absolute atomic E-state index is 8.47. The summed E-state index contributed by atoms with van der Waals surface area (Å²) < 4.78 is 5.53. The summed E-state index contributed by atoms with van der Waals surface area (Å²) in [6, 6.07) is 0. The molecule has 0 spiro atoms. The Labute approximate surface area is 138 Å². The van der Waals surface area contributed by atoms with E-state index in [9.17, 15) is 0 Å². The van der Waals surface area contributed by atoms with Crippen molar-refractivity contribution >= 4 is 6.77 Å². The molecule has 0 radical (unpaired) electrons. The molecule has 0 aromatic rings. The van der Waals surface area contributed by atoms with E-state index in [1.54, 1.807) is 0 Å². The minimum absolute atomic E-state index is 0. The molecule has 1 nitrogen and oxygen atoms in total. The monoisotopic (exact) mass is 301 g/mol. The first kappa shape index (κ1) is 17.0. The second kappa shape index (κ2) is 12.2. The predicted octanol–water partition coefficient (Wildman–Crippen LogP) is 6.04. The molecule has 0 saturated heterocycles. The molecule has 3 rings (SSSR count). The Bertz CT molecular complexity index is 382. The molecule has 3 unspecified atom stereocenters. The zero-order valence-corrected chi connectivity index (χ0v) is 13.8. The van der Waals surface area contributed by atoms with Crippen LogP contribution >= 0.6 is 0 Å². The van der Waals surface area contributed by atoms with Crippen molar-refractivity contribution in [2.24, 2.45) is 17.8 Å². The smallest absolute Gasteiger partial charge is 0.106 e. The molecular weight excluding hydrogens is 268 g/mol. The van der Waals surface area contributed by atoms with Crippen LogP contribution in [0.1, 0.15) is 59.2 Å². The van der Waals surface area contributed by atoms with Crippen LogP contribution in [0.25, 0.3) is 0 Å². The molecule has 1 fully saturated rings. The van der Waals surface area contributed by atoms with Crippen molar-refractivity contribution in [3.63, 3.8) is 0 Å². The summed E-state index contributed by atoms with van der Waals surface area (Å²) >= 11 is 0. The molecule has 1 heteroatoms. The second-order valence-electron chi connectivity index (χ2n) is 6.37. The number of fused-ring (bicyclic) bond motifs is 1. The van der Waals surface area contributed by atoms with Gasteiger partial charge in [-0.05, 0) is 75.5 Å². The lowest BCUT2D eigenvalue weighted by Crippen LogP contribution is -2.25. The number of hydrogen-bond donors (Lipinski definition) is 0. The van der Waals surface area contributed by atoms with E-state index in [-0.39, 0.29) is 6.77 Å². The summed E-state index contributed by atoms with van der Waals surface area (Å²) in [5.74, 6) is 2.80. The van der Waals surface area contributed by atoms with Crippen LogP contribution in [0, 0.1) is 17.8 Å². The van der Waals surface area contributed by atoms with Gasteiger partial charge >= 0.3 is 0 Å². The maximum Gasteiger partial charge on any atom is 0.106 e. The van der Waals surface area contributed by atoms with Gasteiger partial charge in [0.05, 0.1) is 0 Å². The lowest BCUT2D eigenvalue weighted by molar-refractivity contribution is -0.0979. The third-order valence-electron chi connectivity index (χ3n) is 4.89. The molecule has 0 heterocycles. The molecule has 0 aromatic carbocycles. The second-order valence-corrected chi connectivity index (χ2v) is 6.37. The van der Waals surface area contributed by atoms with Gasteiger partial charge in [0.2, 0.25) is 0 Å². The van der Waals surface area contributed by atoms with E-state index in [0.717, 1.165) is 17.8 Å². The first-order valence-electron chi connectivity index (χ1n) is 9.29. The Hall–Kier alpha value is -1.37. The Morgan fingerprint density at radius 1 is 0.864 bits per heavy atom. The summed E-state index contributed by atoms with van der Waals surface area (Å²) in [6.07, 6.45) is 27.8. The number of carbonyl (C=O) groups excluding carboxylic acids is 1. The van der Waals surface area contributed by atoms with Gasteiger partial charge in [0.15, 0.2) is 0 Å². The highest BCUT2D eigenvalue weighted by molar-refractivity contribution is 5.11. The van der Waals surface area contributed by atoms with E-state index < -0.39 is 0 Å². The van der Waals surface area contributed by atoms with Crippen molar-refractivity contribution in [2.75, 3.05) is 0 Å². The summed E-state index contributed by atoms with van der Waals surface area (Å²) in [5.41, 5.74) is 0. The summed E-state index contributed by atoms with van der Waals surface area (Å²) in [6.45, 7) is 3.90. The highest BCUT2D eigenvalue weighted by Gasteiger charge is 2.28. The lowest BCUT2D eigenvalue weighted by Gasteiger charge is -2.36. The first-order chi connectivity index (χ1) is 11.3. The predicted molar refractivity (Wildman–Crippen MR) is 96.8 cm³/mol. The van der Waals surface area contributed by atoms with E-state index in [2.05, 4.69) is 49.1 Å². The van der Waals surface area contributed by atoms with Gasteiger partial charge in [0.25, 0.3) is 0 Å². The van der Waals surface area contributed by atoms with Crippen molar-refractivity contribution in [1.82, 2.24) is 0 Å². The quantitative estimate of drug-likeness (QED) is 0.539. The fraction of sp³-hybridized carbons (Fsp3) is 0.571. The molecule has 3 aliphatic rings. The Morgan fingerprint density at radius 3 is 1.86 bits per heavy atom. The van der Waals surface area contributed by atoms with Crippen LogP contribution in [0.2, 0.25) is 0 Å². The lowest BCUT2D eigenvalue weighted by atomic mass is 9.69. The Kier molecular flexibility index (Phi) is 9.42. The molecular formula is C21H32O. The number of hydrogen-bond acceptors (Lipinski definition) is 1. The molecule has 1 saturated carbocycles. The average molecular weight is 301 g/mol. The van der Waals surface area contributed by atoms with Gasteiger partial charge in [-0.2, -0.15) is 0 Å². The van der Waals surface area contributed by atoms with Crippen LogP contribution in [0.4, 0.5) is 0 Å². The Balaban J connectivity index is 0.000000209. The van der Waals surface area contributed by atoms with E-state index >= 15 is 0 Å². The fourth-order valence-corrected chi connectivity index (χ4v) is 3.57. The minimum Gasteiger partial charge on any atom is -0.307 e. The number of allylic oxidation sites excluding steroid dienone is 7. The minimum atomic E-state index is 0. The van der Waals surface area contributed by atoms with Crippen molar-refractivity contribution in [3.8, 4) is 0 Å². The third-order valence-corrected chi connectivity index (χ3v) is 4.89. The van der Waals surface area contributed by atoms with Crippen LogP contribution in [0.15, 0.2) is 49.1 Å². The van der Waals surface area contributed by atoms with Crippen LogP contribution in [-0.4, -0.2) is 6.77 Å². The van der Waals surface area contributed by atoms with Gasteiger partial charge in [-0.15, -0.1) is 6.58 Å². The van der Waals surface area contributed by atoms with Gasteiger partial charge in [0, 0.05) is 0 Å². The standard InChI is InChI=1S/C12H18.C8H12.CH2O/c1-2-10-7-8-11-5-3-4-6-12(11)9-10;1-2-4-6-8-7-5-3-1;1-2/h2-4,10-12H,1,5-9H2;1-2,7-8H,3-6H2;1H2/b;2-1-,8-7?;/i;;1D. The molecule has 0 bridgehead atoms. The normalized spacial score (nSPS) is 31.5. The highest BCUT2D eigenvalue weighted by atomic mass is 16.1. The van der Waals surface area contributed by atoms with E-state index in [0.29, 0.717) is 0 Å². The van der Waals surface area contributed by atoms with Crippen LogP contribution in [0.5, 0.6) is 0 Å². The highest BCUT2D eigenvalue weighted by Crippen LogP contribution is 2.40. The molecule has 0 aliphatic heterocycles. The average Bonchev–Trinajstić information content (AvgIpc) is 2.55. The van der Waals surface area contributed by atoms with E-state index in [4.69, 9.17) is 6.17 Å². The fourth-order valence-electron chi connectivity index (χ4n) is 3.57. The van der Waals surface area contributed by atoms with Crippen LogP contribution < -0.4 is 0 Å². The van der Waals surface area contributed by atoms with Crippen LogP contribution in [-0.2, 0) is 4.79 Å². The molecule has 0 N–H and O–H groups in total. The zero-order chi connectivity index (χ0) is 16.8. The van der Waals surface area contributed by atoms with Crippen molar-refractivity contribution in [3.05, 3.63) is 49.1 Å². The summed E-state index contributed by atoms with van der Waals surface area (Å²) in [5, 5.41) is 0. The largest absolute Gasteiger partial charge is 0.307 e. The molecule has 122 valence electrons.